The Morgan fingerprint density at radius 3 is 2.67 bits per heavy atom. The summed E-state index contributed by atoms with van der Waals surface area (Å²) in [6.07, 6.45) is 0.0676. The molecule has 1 atom stereocenters. The Morgan fingerprint density at radius 1 is 1.67 bits per heavy atom. The molecular formula is C9H13NO4S. The second kappa shape index (κ2) is 4.16. The number of aliphatic hydroxyl groups is 1. The van der Waals surface area contributed by atoms with Crippen LogP contribution in [0.1, 0.15) is 18.7 Å². The summed E-state index contributed by atoms with van der Waals surface area (Å²) in [5, 5.41) is 18.7. The number of rotatable bonds is 4. The molecule has 1 rings (SSSR count). The maximum Gasteiger partial charge on any atom is 0.333 e. The number of methoxy groups -OCH3 is 1. The van der Waals surface area contributed by atoms with Crippen molar-refractivity contribution in [3.8, 4) is 5.19 Å². The maximum absolute atomic E-state index is 10.7. The van der Waals surface area contributed by atoms with Gasteiger partial charge >= 0.3 is 5.97 Å². The minimum absolute atomic E-state index is 0.454. The van der Waals surface area contributed by atoms with E-state index in [-0.39, 0.29) is 0 Å². The lowest BCUT2D eigenvalue weighted by molar-refractivity contribution is -0.150. The highest BCUT2D eigenvalue weighted by atomic mass is 32.1. The largest absolute Gasteiger partial charge is 0.479 e. The van der Waals surface area contributed by atoms with Gasteiger partial charge in [-0.25, -0.2) is 9.78 Å². The highest BCUT2D eigenvalue weighted by Crippen LogP contribution is 2.34. The normalized spacial score (nSPS) is 13.6. The van der Waals surface area contributed by atoms with E-state index in [1.165, 1.54) is 24.6 Å². The molecule has 0 aliphatic carbocycles. The molecular weight excluding hydrogens is 218 g/mol. The predicted octanol–water partition coefficient (Wildman–Crippen LogP) is 0.875. The van der Waals surface area contributed by atoms with Gasteiger partial charge in [0.2, 0.25) is 0 Å². The zero-order valence-corrected chi connectivity index (χ0v) is 9.54. The van der Waals surface area contributed by atoms with Crippen molar-refractivity contribution in [3.63, 3.8) is 0 Å². The first kappa shape index (κ1) is 11.9. The fourth-order valence-electron chi connectivity index (χ4n) is 1.09. The monoisotopic (exact) mass is 231 g/mol. The lowest BCUT2D eigenvalue weighted by Crippen LogP contribution is -2.39. The number of aliphatic carboxylic acids is 1. The van der Waals surface area contributed by atoms with Crippen LogP contribution >= 0.6 is 11.3 Å². The molecule has 0 fully saturated rings. The first-order valence-corrected chi connectivity index (χ1v) is 5.12. The Morgan fingerprint density at radius 2 is 2.27 bits per heavy atom. The summed E-state index contributed by atoms with van der Waals surface area (Å²) in [5.74, 6) is -1.24. The van der Waals surface area contributed by atoms with Crippen LogP contribution in [0, 0.1) is 0 Å². The van der Waals surface area contributed by atoms with Gasteiger partial charge in [0.1, 0.15) is 0 Å². The summed E-state index contributed by atoms with van der Waals surface area (Å²) < 4.78 is 4.91. The Bertz CT molecular complexity index is 361. The van der Waals surface area contributed by atoms with Crippen LogP contribution in [0.3, 0.4) is 0 Å². The Balaban J connectivity index is 2.99. The molecule has 15 heavy (non-hydrogen) atoms. The van der Waals surface area contributed by atoms with Gasteiger partial charge in [-0.1, -0.05) is 25.2 Å². The van der Waals surface area contributed by atoms with Crippen molar-refractivity contribution in [1.82, 2.24) is 4.98 Å². The van der Waals surface area contributed by atoms with Crippen LogP contribution in [-0.2, 0) is 10.2 Å². The summed E-state index contributed by atoms with van der Waals surface area (Å²) >= 11 is 1.23. The molecule has 0 aliphatic rings. The van der Waals surface area contributed by atoms with E-state index in [2.05, 4.69) is 4.98 Å². The van der Waals surface area contributed by atoms with E-state index in [0.717, 1.165) is 0 Å². The van der Waals surface area contributed by atoms with E-state index in [4.69, 9.17) is 9.84 Å². The molecule has 84 valence electrons. The number of thiazole rings is 1. The SMILES string of the molecule is COc1ncc(C(C)(C)C(O)C(=O)O)s1. The van der Waals surface area contributed by atoms with Crippen molar-refractivity contribution in [2.24, 2.45) is 0 Å². The molecule has 0 spiro atoms. The summed E-state index contributed by atoms with van der Waals surface area (Å²) in [6.45, 7) is 3.30. The van der Waals surface area contributed by atoms with Gasteiger partial charge in [0, 0.05) is 16.5 Å². The number of carboxylic acids is 1. The molecule has 0 saturated carbocycles. The zero-order chi connectivity index (χ0) is 11.6. The highest BCUT2D eigenvalue weighted by Gasteiger charge is 2.36. The van der Waals surface area contributed by atoms with E-state index in [1.807, 2.05) is 0 Å². The second-order valence-electron chi connectivity index (χ2n) is 3.66. The lowest BCUT2D eigenvalue weighted by Gasteiger charge is -2.25. The van der Waals surface area contributed by atoms with Crippen LogP contribution in [0.25, 0.3) is 0 Å². The van der Waals surface area contributed by atoms with Gasteiger partial charge < -0.3 is 14.9 Å². The molecule has 1 aromatic heterocycles. The number of aromatic nitrogens is 1. The maximum atomic E-state index is 10.7. The van der Waals surface area contributed by atoms with E-state index in [1.54, 1.807) is 13.8 Å². The molecule has 0 amide bonds. The minimum atomic E-state index is -1.46. The second-order valence-corrected chi connectivity index (χ2v) is 4.65. The number of hydrogen-bond acceptors (Lipinski definition) is 5. The predicted molar refractivity (Wildman–Crippen MR) is 55.3 cm³/mol. The number of nitrogens with zero attached hydrogens (tertiary/aromatic N) is 1. The van der Waals surface area contributed by atoms with E-state index >= 15 is 0 Å². The van der Waals surface area contributed by atoms with E-state index < -0.39 is 17.5 Å². The van der Waals surface area contributed by atoms with Gasteiger partial charge in [-0.3, -0.25) is 0 Å². The molecule has 1 heterocycles. The third-order valence-corrected chi connectivity index (χ3v) is 3.51. The number of carbonyl (C=O) groups is 1. The van der Waals surface area contributed by atoms with Crippen molar-refractivity contribution < 1.29 is 19.7 Å². The number of hydrogen-bond donors (Lipinski definition) is 2. The smallest absolute Gasteiger partial charge is 0.333 e. The number of aliphatic hydroxyl groups excluding tert-OH is 1. The summed E-state index contributed by atoms with van der Waals surface area (Å²) in [4.78, 5) is 15.3. The van der Waals surface area contributed by atoms with E-state index in [0.29, 0.717) is 10.1 Å². The van der Waals surface area contributed by atoms with Gasteiger partial charge in [0.25, 0.3) is 5.19 Å². The van der Waals surface area contributed by atoms with Gasteiger partial charge in [-0.15, -0.1) is 0 Å². The standard InChI is InChI=1S/C9H13NO4S/c1-9(2,6(11)7(12)13)5-4-10-8(14-3)15-5/h4,6,11H,1-3H3,(H,12,13). The van der Waals surface area contributed by atoms with Crippen LogP contribution < -0.4 is 4.74 Å². The van der Waals surface area contributed by atoms with Gasteiger partial charge in [-0.05, 0) is 0 Å². The first-order chi connectivity index (χ1) is 6.89. The summed E-state index contributed by atoms with van der Waals surface area (Å²) in [6, 6.07) is 0. The molecule has 5 nitrogen and oxygen atoms in total. The number of carboxylic acid groups (broad SMARTS) is 1. The zero-order valence-electron chi connectivity index (χ0n) is 8.72. The molecule has 0 aliphatic heterocycles. The molecule has 0 aromatic carbocycles. The third kappa shape index (κ3) is 2.27. The summed E-state index contributed by atoms with van der Waals surface area (Å²) in [7, 11) is 1.49. The van der Waals surface area contributed by atoms with Crippen molar-refractivity contribution in [1.29, 1.82) is 0 Å². The van der Waals surface area contributed by atoms with Crippen LogP contribution in [0.15, 0.2) is 6.20 Å². The highest BCUT2D eigenvalue weighted by molar-refractivity contribution is 7.13. The number of ether oxygens (including phenoxy) is 1. The van der Waals surface area contributed by atoms with Crippen LogP contribution in [0.4, 0.5) is 0 Å². The molecule has 0 radical (unpaired) electrons. The minimum Gasteiger partial charge on any atom is -0.479 e. The first-order valence-electron chi connectivity index (χ1n) is 4.30. The molecule has 0 saturated heterocycles. The molecule has 0 bridgehead atoms. The third-order valence-electron chi connectivity index (χ3n) is 2.21. The Labute approximate surface area is 91.3 Å². The van der Waals surface area contributed by atoms with Crippen molar-refractivity contribution in [2.45, 2.75) is 25.4 Å². The Kier molecular flexibility index (Phi) is 3.31. The van der Waals surface area contributed by atoms with Gasteiger partial charge in [0.15, 0.2) is 6.10 Å². The van der Waals surface area contributed by atoms with Crippen LogP contribution in [-0.4, -0.2) is 34.4 Å². The Hall–Kier alpha value is -1.14. The lowest BCUT2D eigenvalue weighted by atomic mass is 9.85. The van der Waals surface area contributed by atoms with Crippen molar-refractivity contribution in [2.75, 3.05) is 7.11 Å². The van der Waals surface area contributed by atoms with Crippen LogP contribution in [0.5, 0.6) is 5.19 Å². The van der Waals surface area contributed by atoms with Gasteiger partial charge in [0.05, 0.1) is 7.11 Å². The average Bonchev–Trinajstić information content (AvgIpc) is 2.65. The fourth-order valence-corrected chi connectivity index (χ4v) is 1.95. The van der Waals surface area contributed by atoms with E-state index in [9.17, 15) is 9.90 Å². The topological polar surface area (TPSA) is 79.7 Å². The fraction of sp³-hybridized carbons (Fsp3) is 0.556. The summed E-state index contributed by atoms with van der Waals surface area (Å²) in [5.41, 5.74) is -0.875. The molecule has 1 unspecified atom stereocenters. The van der Waals surface area contributed by atoms with Crippen molar-refractivity contribution in [3.05, 3.63) is 11.1 Å². The quantitative estimate of drug-likeness (QED) is 0.804. The van der Waals surface area contributed by atoms with Crippen LogP contribution in [0.2, 0.25) is 0 Å². The molecule has 1 aromatic rings. The molecule has 6 heteroatoms. The average molecular weight is 231 g/mol. The van der Waals surface area contributed by atoms with Gasteiger partial charge in [-0.2, -0.15) is 0 Å². The molecule has 2 N–H and O–H groups in total. The van der Waals surface area contributed by atoms with Crippen molar-refractivity contribution >= 4 is 17.3 Å².